The van der Waals surface area contributed by atoms with E-state index in [-0.39, 0.29) is 31.9 Å². The molecule has 4 heteroatoms. The lowest BCUT2D eigenvalue weighted by molar-refractivity contribution is 0.163. The van der Waals surface area contributed by atoms with Crippen LogP contribution in [0.15, 0.2) is 24.3 Å². The fraction of sp³-hybridized carbons (Fsp3) is 0.500. The monoisotopic (exact) mass is 225 g/mol. The predicted molar refractivity (Wildman–Crippen MR) is 61.9 cm³/mol. The number of aliphatic hydroxyl groups excluding tert-OH is 3. The van der Waals surface area contributed by atoms with E-state index in [1.54, 1.807) is 0 Å². The molecule has 0 saturated heterocycles. The van der Waals surface area contributed by atoms with Crippen molar-refractivity contribution in [2.45, 2.75) is 25.6 Å². The third-order valence-corrected chi connectivity index (χ3v) is 2.56. The molecule has 0 fully saturated rings. The van der Waals surface area contributed by atoms with E-state index < -0.39 is 0 Å². The fourth-order valence-electron chi connectivity index (χ4n) is 1.57. The molecule has 0 radical (unpaired) electrons. The molecule has 1 unspecified atom stereocenters. The highest BCUT2D eigenvalue weighted by molar-refractivity contribution is 5.25. The van der Waals surface area contributed by atoms with E-state index in [4.69, 9.17) is 15.3 Å². The summed E-state index contributed by atoms with van der Waals surface area (Å²) in [4.78, 5) is 0. The molecule has 0 saturated carbocycles. The van der Waals surface area contributed by atoms with E-state index in [2.05, 4.69) is 5.32 Å². The average molecular weight is 225 g/mol. The van der Waals surface area contributed by atoms with E-state index in [1.807, 2.05) is 31.2 Å². The van der Waals surface area contributed by atoms with Crippen LogP contribution in [-0.4, -0.2) is 34.6 Å². The standard InChI is InChI=1S/C12H19NO3/c1-9(13-12(7-15)8-16)11-4-2-3-10(5-11)6-14/h2-5,9,12-16H,6-8H2,1H3. The van der Waals surface area contributed by atoms with Crippen molar-refractivity contribution in [2.75, 3.05) is 13.2 Å². The smallest absolute Gasteiger partial charge is 0.0681 e. The van der Waals surface area contributed by atoms with Crippen molar-refractivity contribution < 1.29 is 15.3 Å². The van der Waals surface area contributed by atoms with Gasteiger partial charge in [-0.3, -0.25) is 0 Å². The molecule has 0 bridgehead atoms. The maximum absolute atomic E-state index is 9.02. The highest BCUT2D eigenvalue weighted by atomic mass is 16.3. The van der Waals surface area contributed by atoms with Gasteiger partial charge in [0.05, 0.1) is 25.9 Å². The number of hydrogen-bond acceptors (Lipinski definition) is 4. The van der Waals surface area contributed by atoms with Crippen molar-refractivity contribution in [1.82, 2.24) is 5.32 Å². The maximum atomic E-state index is 9.02. The number of nitrogens with one attached hydrogen (secondary N) is 1. The van der Waals surface area contributed by atoms with Gasteiger partial charge in [-0.1, -0.05) is 24.3 Å². The average Bonchev–Trinajstić information content (AvgIpc) is 2.35. The first-order valence-corrected chi connectivity index (χ1v) is 5.38. The number of aliphatic hydroxyl groups is 3. The molecule has 1 rings (SSSR count). The Morgan fingerprint density at radius 1 is 1.19 bits per heavy atom. The van der Waals surface area contributed by atoms with Crippen LogP contribution in [-0.2, 0) is 6.61 Å². The second-order valence-corrected chi connectivity index (χ2v) is 3.85. The molecule has 0 spiro atoms. The second-order valence-electron chi connectivity index (χ2n) is 3.85. The summed E-state index contributed by atoms with van der Waals surface area (Å²) in [5, 5.41) is 30.0. The van der Waals surface area contributed by atoms with Crippen LogP contribution >= 0.6 is 0 Å². The van der Waals surface area contributed by atoms with Gasteiger partial charge in [0.15, 0.2) is 0 Å². The minimum Gasteiger partial charge on any atom is -0.395 e. The van der Waals surface area contributed by atoms with Gasteiger partial charge in [0, 0.05) is 6.04 Å². The van der Waals surface area contributed by atoms with E-state index >= 15 is 0 Å². The Bertz CT molecular complexity index is 313. The van der Waals surface area contributed by atoms with Gasteiger partial charge >= 0.3 is 0 Å². The van der Waals surface area contributed by atoms with E-state index in [0.717, 1.165) is 11.1 Å². The molecule has 0 heterocycles. The van der Waals surface area contributed by atoms with Gasteiger partial charge in [-0.25, -0.2) is 0 Å². The molecule has 4 N–H and O–H groups in total. The van der Waals surface area contributed by atoms with E-state index in [0.29, 0.717) is 0 Å². The van der Waals surface area contributed by atoms with Crippen LogP contribution in [0, 0.1) is 0 Å². The highest BCUT2D eigenvalue weighted by Gasteiger charge is 2.11. The normalized spacial score (nSPS) is 13.1. The Balaban J connectivity index is 2.67. The first-order valence-electron chi connectivity index (χ1n) is 5.38. The zero-order valence-corrected chi connectivity index (χ0v) is 9.43. The fourth-order valence-corrected chi connectivity index (χ4v) is 1.57. The summed E-state index contributed by atoms with van der Waals surface area (Å²) in [6.45, 7) is 1.78. The zero-order chi connectivity index (χ0) is 12.0. The van der Waals surface area contributed by atoms with Gasteiger partial charge < -0.3 is 20.6 Å². The van der Waals surface area contributed by atoms with Crippen molar-refractivity contribution >= 4 is 0 Å². The highest BCUT2D eigenvalue weighted by Crippen LogP contribution is 2.14. The van der Waals surface area contributed by atoms with Crippen molar-refractivity contribution in [3.8, 4) is 0 Å². The summed E-state index contributed by atoms with van der Waals surface area (Å²) in [7, 11) is 0. The van der Waals surface area contributed by atoms with Gasteiger partial charge in [-0.2, -0.15) is 0 Å². The van der Waals surface area contributed by atoms with Gasteiger partial charge in [-0.05, 0) is 18.1 Å². The third kappa shape index (κ3) is 3.57. The minimum absolute atomic E-state index is 0.0178. The summed E-state index contributed by atoms with van der Waals surface area (Å²) in [6.07, 6.45) is 0. The van der Waals surface area contributed by atoms with Crippen molar-refractivity contribution in [3.63, 3.8) is 0 Å². The van der Waals surface area contributed by atoms with Crippen molar-refractivity contribution in [2.24, 2.45) is 0 Å². The van der Waals surface area contributed by atoms with E-state index in [9.17, 15) is 0 Å². The molecule has 0 aliphatic rings. The molecule has 0 aromatic heterocycles. The molecule has 4 nitrogen and oxygen atoms in total. The van der Waals surface area contributed by atoms with Gasteiger partial charge in [0.25, 0.3) is 0 Å². The van der Waals surface area contributed by atoms with Crippen LogP contribution in [0.2, 0.25) is 0 Å². The lowest BCUT2D eigenvalue weighted by atomic mass is 10.0. The Morgan fingerprint density at radius 3 is 2.44 bits per heavy atom. The molecule has 1 aromatic carbocycles. The number of hydrogen-bond donors (Lipinski definition) is 4. The molecular formula is C12H19NO3. The van der Waals surface area contributed by atoms with Crippen LogP contribution in [0.5, 0.6) is 0 Å². The summed E-state index contributed by atoms with van der Waals surface area (Å²) < 4.78 is 0. The Labute approximate surface area is 95.6 Å². The van der Waals surface area contributed by atoms with Crippen LogP contribution in [0.25, 0.3) is 0 Å². The van der Waals surface area contributed by atoms with Crippen LogP contribution in [0.4, 0.5) is 0 Å². The van der Waals surface area contributed by atoms with Crippen LogP contribution < -0.4 is 5.32 Å². The largest absolute Gasteiger partial charge is 0.395 e. The predicted octanol–water partition coefficient (Wildman–Crippen LogP) is 0.183. The van der Waals surface area contributed by atoms with Crippen molar-refractivity contribution in [3.05, 3.63) is 35.4 Å². The Hall–Kier alpha value is -0.940. The summed E-state index contributed by atoms with van der Waals surface area (Å²) in [6, 6.07) is 7.30. The lowest BCUT2D eigenvalue weighted by Gasteiger charge is -2.20. The number of rotatable bonds is 6. The Kier molecular flexibility index (Phi) is 5.42. The SMILES string of the molecule is CC(NC(CO)CO)c1cccc(CO)c1. The molecule has 0 aliphatic heterocycles. The summed E-state index contributed by atoms with van der Waals surface area (Å²) >= 11 is 0. The maximum Gasteiger partial charge on any atom is 0.0681 e. The molecule has 0 aliphatic carbocycles. The van der Waals surface area contributed by atoms with Gasteiger partial charge in [0.1, 0.15) is 0 Å². The summed E-state index contributed by atoms with van der Waals surface area (Å²) in [5.74, 6) is 0. The molecule has 1 aromatic rings. The minimum atomic E-state index is -0.312. The van der Waals surface area contributed by atoms with Crippen molar-refractivity contribution in [1.29, 1.82) is 0 Å². The number of benzene rings is 1. The first-order chi connectivity index (χ1) is 7.71. The zero-order valence-electron chi connectivity index (χ0n) is 9.43. The van der Waals surface area contributed by atoms with Crippen LogP contribution in [0.1, 0.15) is 24.1 Å². The quantitative estimate of drug-likeness (QED) is 0.557. The topological polar surface area (TPSA) is 72.7 Å². The third-order valence-electron chi connectivity index (χ3n) is 2.56. The van der Waals surface area contributed by atoms with Gasteiger partial charge in [-0.15, -0.1) is 0 Å². The first kappa shape index (κ1) is 13.1. The molecular weight excluding hydrogens is 206 g/mol. The van der Waals surface area contributed by atoms with E-state index in [1.165, 1.54) is 0 Å². The molecule has 16 heavy (non-hydrogen) atoms. The van der Waals surface area contributed by atoms with Gasteiger partial charge in [0.2, 0.25) is 0 Å². The summed E-state index contributed by atoms with van der Waals surface area (Å²) in [5.41, 5.74) is 1.88. The lowest BCUT2D eigenvalue weighted by Crippen LogP contribution is -2.37. The van der Waals surface area contributed by atoms with Crippen LogP contribution in [0.3, 0.4) is 0 Å². The second kappa shape index (κ2) is 6.60. The molecule has 1 atom stereocenters. The molecule has 90 valence electrons. The molecule has 0 amide bonds. The Morgan fingerprint density at radius 2 is 1.88 bits per heavy atom.